The number of methoxy groups -OCH3 is 4. The van der Waals surface area contributed by atoms with Crippen molar-refractivity contribution in [2.75, 3.05) is 40.5 Å². The summed E-state index contributed by atoms with van der Waals surface area (Å²) >= 11 is 0. The van der Waals surface area contributed by atoms with Gasteiger partial charge < -0.3 is 38.5 Å². The van der Waals surface area contributed by atoms with Gasteiger partial charge in [-0.15, -0.1) is 0 Å². The molecule has 0 fully saturated rings. The van der Waals surface area contributed by atoms with Gasteiger partial charge in [0.2, 0.25) is 12.5 Å². The average molecular weight is 628 g/mol. The molecular weight excluding hydrogens is 598 g/mol. The first-order chi connectivity index (χ1) is 22.3. The van der Waals surface area contributed by atoms with Crippen molar-refractivity contribution in [1.29, 1.82) is 0 Å². The van der Waals surface area contributed by atoms with E-state index >= 15 is 0 Å². The van der Waals surface area contributed by atoms with Crippen LogP contribution in [0.1, 0.15) is 36.6 Å². The minimum atomic E-state index is -0.604. The molecule has 0 saturated heterocycles. The number of rotatable bonds is 11. The van der Waals surface area contributed by atoms with Gasteiger partial charge >= 0.3 is 5.97 Å². The highest BCUT2D eigenvalue weighted by Gasteiger charge is 2.20. The molecule has 0 bridgehead atoms. The van der Waals surface area contributed by atoms with Crippen molar-refractivity contribution in [2.45, 2.75) is 0 Å². The Bertz CT molecular complexity index is 1800. The summed E-state index contributed by atoms with van der Waals surface area (Å²) in [6.45, 7) is 0.0910. The van der Waals surface area contributed by atoms with Gasteiger partial charge in [-0.2, -0.15) is 5.10 Å². The van der Waals surface area contributed by atoms with Crippen LogP contribution in [0.25, 0.3) is 0 Å². The van der Waals surface area contributed by atoms with Crippen LogP contribution in [0, 0.1) is 0 Å². The number of fused-ring (bicyclic) bond motifs is 1. The summed E-state index contributed by atoms with van der Waals surface area (Å²) in [4.78, 5) is 38.5. The lowest BCUT2D eigenvalue weighted by atomic mass is 10.1. The van der Waals surface area contributed by atoms with Crippen LogP contribution in [0.5, 0.6) is 40.2 Å². The number of hydrogen-bond acceptors (Lipinski definition) is 11. The second kappa shape index (κ2) is 14.0. The number of amides is 2. The Labute approximate surface area is 263 Å². The van der Waals surface area contributed by atoms with E-state index in [2.05, 4.69) is 15.8 Å². The van der Waals surface area contributed by atoms with Crippen LogP contribution in [0.3, 0.4) is 0 Å². The maximum Gasteiger partial charge on any atom is 0.343 e. The molecule has 46 heavy (non-hydrogen) atoms. The first kappa shape index (κ1) is 31.2. The third-order valence-corrected chi connectivity index (χ3v) is 6.69. The number of nitrogens with zero attached hydrogens (tertiary/aromatic N) is 1. The summed E-state index contributed by atoms with van der Waals surface area (Å²) < 4.78 is 37.4. The fourth-order valence-electron chi connectivity index (χ4n) is 4.41. The first-order valence-corrected chi connectivity index (χ1v) is 13.7. The number of ether oxygens (including phenoxy) is 7. The summed E-state index contributed by atoms with van der Waals surface area (Å²) in [6.07, 6.45) is 1.40. The molecule has 13 nitrogen and oxygen atoms in total. The van der Waals surface area contributed by atoms with Crippen LogP contribution in [0.2, 0.25) is 0 Å². The Kier molecular flexibility index (Phi) is 9.51. The molecule has 0 unspecified atom stereocenters. The summed E-state index contributed by atoms with van der Waals surface area (Å²) in [5, 5.41) is 6.77. The molecule has 236 valence electrons. The number of esters is 1. The SMILES string of the molecule is COc1cc(C=NNC(=O)c2cccc(NC(=O)c3cc(OC)c(OC)c(OC)c3)c2)ccc1OC(=O)c1ccc2c(c1)OCO2. The Morgan fingerprint density at radius 1 is 0.696 bits per heavy atom. The van der Waals surface area contributed by atoms with Gasteiger partial charge in [-0.1, -0.05) is 6.07 Å². The number of nitrogens with one attached hydrogen (secondary N) is 2. The van der Waals surface area contributed by atoms with Crippen LogP contribution < -0.4 is 43.9 Å². The van der Waals surface area contributed by atoms with Crippen LogP contribution in [-0.2, 0) is 0 Å². The molecule has 5 rings (SSSR count). The molecule has 4 aromatic carbocycles. The highest BCUT2D eigenvalue weighted by molar-refractivity contribution is 6.06. The summed E-state index contributed by atoms with van der Waals surface area (Å²) in [5.74, 6) is 0.925. The second-order valence-electron chi connectivity index (χ2n) is 9.52. The average Bonchev–Trinajstić information content (AvgIpc) is 3.56. The zero-order chi connectivity index (χ0) is 32.6. The van der Waals surface area contributed by atoms with Crippen molar-refractivity contribution in [2.24, 2.45) is 5.10 Å². The van der Waals surface area contributed by atoms with E-state index in [0.717, 1.165) is 0 Å². The van der Waals surface area contributed by atoms with Crippen LogP contribution in [0.4, 0.5) is 5.69 Å². The molecule has 0 aliphatic carbocycles. The largest absolute Gasteiger partial charge is 0.493 e. The molecule has 0 saturated carbocycles. The predicted molar refractivity (Wildman–Crippen MR) is 166 cm³/mol. The molecule has 0 aromatic heterocycles. The molecule has 0 atom stereocenters. The van der Waals surface area contributed by atoms with E-state index in [1.807, 2.05) is 0 Å². The summed E-state index contributed by atoms with van der Waals surface area (Å²) in [7, 11) is 5.81. The highest BCUT2D eigenvalue weighted by atomic mass is 16.7. The number of benzene rings is 4. The van der Waals surface area contributed by atoms with Gasteiger partial charge in [0.1, 0.15) is 0 Å². The van der Waals surface area contributed by atoms with E-state index in [4.69, 9.17) is 33.2 Å². The molecule has 2 amide bonds. The Balaban J connectivity index is 1.21. The van der Waals surface area contributed by atoms with Crippen molar-refractivity contribution >= 4 is 29.7 Å². The quantitative estimate of drug-likeness (QED) is 0.104. The Hall–Kier alpha value is -6.24. The molecule has 13 heteroatoms. The molecule has 0 spiro atoms. The van der Waals surface area contributed by atoms with Crippen molar-refractivity contribution in [1.82, 2.24) is 5.43 Å². The zero-order valence-electron chi connectivity index (χ0n) is 25.2. The van der Waals surface area contributed by atoms with E-state index in [1.165, 1.54) is 52.9 Å². The number of carbonyl (C=O) groups is 3. The fourth-order valence-corrected chi connectivity index (χ4v) is 4.41. The van der Waals surface area contributed by atoms with Gasteiger partial charge in [-0.25, -0.2) is 10.2 Å². The van der Waals surface area contributed by atoms with Gasteiger partial charge in [-0.05, 0) is 72.3 Å². The highest BCUT2D eigenvalue weighted by Crippen LogP contribution is 2.38. The van der Waals surface area contributed by atoms with E-state index in [9.17, 15) is 14.4 Å². The lowest BCUT2D eigenvalue weighted by molar-refractivity contribution is 0.0728. The van der Waals surface area contributed by atoms with Crippen molar-refractivity contribution in [3.05, 3.63) is 95.1 Å². The minimum absolute atomic E-state index is 0.0910. The van der Waals surface area contributed by atoms with Gasteiger partial charge in [0.25, 0.3) is 11.8 Å². The molecule has 1 aliphatic heterocycles. The normalized spacial score (nSPS) is 11.5. The topological polar surface area (TPSA) is 152 Å². The lowest BCUT2D eigenvalue weighted by Gasteiger charge is -2.14. The fraction of sp³-hybridized carbons (Fsp3) is 0.152. The van der Waals surface area contributed by atoms with E-state index in [1.54, 1.807) is 54.6 Å². The van der Waals surface area contributed by atoms with Crippen LogP contribution in [0.15, 0.2) is 77.9 Å². The number of carbonyl (C=O) groups excluding carboxylic acids is 3. The third-order valence-electron chi connectivity index (χ3n) is 6.69. The summed E-state index contributed by atoms with van der Waals surface area (Å²) in [5.41, 5.74) is 4.19. The van der Waals surface area contributed by atoms with Crippen LogP contribution >= 0.6 is 0 Å². The third kappa shape index (κ3) is 6.94. The van der Waals surface area contributed by atoms with Gasteiger partial charge in [0, 0.05) is 16.8 Å². The van der Waals surface area contributed by atoms with Gasteiger partial charge in [0.05, 0.1) is 40.2 Å². The second-order valence-corrected chi connectivity index (χ2v) is 9.52. The Morgan fingerprint density at radius 2 is 1.43 bits per heavy atom. The van der Waals surface area contributed by atoms with Gasteiger partial charge in [0.15, 0.2) is 34.5 Å². The predicted octanol–water partition coefficient (Wildman–Crippen LogP) is 4.69. The Morgan fingerprint density at radius 3 is 2.15 bits per heavy atom. The molecule has 4 aromatic rings. The maximum absolute atomic E-state index is 13.0. The van der Waals surface area contributed by atoms with Crippen LogP contribution in [-0.4, -0.2) is 59.2 Å². The molecule has 0 radical (unpaired) electrons. The standard InChI is InChI=1S/C33H29N3O10/c1-40-26-12-19(8-10-25(26)46-33(39)21-9-11-24-27(14-21)45-18-44-24)17-34-36-32(38)20-6-5-7-23(13-20)35-31(37)22-15-28(41-2)30(43-4)29(16-22)42-3/h5-17H,18H2,1-4H3,(H,35,37)(H,36,38). The first-order valence-electron chi connectivity index (χ1n) is 13.7. The zero-order valence-corrected chi connectivity index (χ0v) is 25.2. The lowest BCUT2D eigenvalue weighted by Crippen LogP contribution is -2.18. The van der Waals surface area contributed by atoms with E-state index in [0.29, 0.717) is 40.0 Å². The molecule has 1 aliphatic rings. The molecular formula is C33H29N3O10. The number of hydrogen-bond donors (Lipinski definition) is 2. The smallest absolute Gasteiger partial charge is 0.343 e. The number of anilines is 1. The monoisotopic (exact) mass is 627 g/mol. The van der Waals surface area contributed by atoms with E-state index in [-0.39, 0.29) is 35.0 Å². The van der Waals surface area contributed by atoms with Crippen molar-refractivity contribution in [3.63, 3.8) is 0 Å². The summed E-state index contributed by atoms with van der Waals surface area (Å²) in [6, 6.07) is 18.9. The molecule has 2 N–H and O–H groups in total. The van der Waals surface area contributed by atoms with Crippen molar-refractivity contribution in [3.8, 4) is 40.2 Å². The number of hydrazone groups is 1. The minimum Gasteiger partial charge on any atom is -0.493 e. The molecule has 1 heterocycles. The maximum atomic E-state index is 13.0. The van der Waals surface area contributed by atoms with Gasteiger partial charge in [-0.3, -0.25) is 9.59 Å². The van der Waals surface area contributed by atoms with Crippen molar-refractivity contribution < 1.29 is 47.5 Å². The van der Waals surface area contributed by atoms with E-state index < -0.39 is 17.8 Å².